The van der Waals surface area contributed by atoms with Gasteiger partial charge in [-0.3, -0.25) is 0 Å². The Morgan fingerprint density at radius 1 is 1.24 bits per heavy atom. The molecule has 2 atom stereocenters. The van der Waals surface area contributed by atoms with Crippen LogP contribution in [0.2, 0.25) is 0 Å². The molecule has 3 rings (SSSR count). The molecule has 0 saturated carbocycles. The smallest absolute Gasteiger partial charge is 0.243 e. The number of hydrogen-bond donors (Lipinski definition) is 1. The highest BCUT2D eigenvalue weighted by molar-refractivity contribution is 7.89. The van der Waals surface area contributed by atoms with E-state index in [0.29, 0.717) is 4.90 Å². The molecule has 2 saturated heterocycles. The van der Waals surface area contributed by atoms with Gasteiger partial charge in [0.1, 0.15) is 5.75 Å². The Labute approximate surface area is 126 Å². The number of nitrogens with zero attached hydrogens (tertiary/aromatic N) is 1. The molecular weight excluding hydrogens is 288 g/mol. The zero-order chi connectivity index (χ0) is 15.0. The van der Waals surface area contributed by atoms with Crippen LogP contribution in [0.3, 0.4) is 0 Å². The third-order valence-corrected chi connectivity index (χ3v) is 6.53. The van der Waals surface area contributed by atoms with E-state index in [1.54, 1.807) is 29.6 Å². The second kappa shape index (κ2) is 5.59. The summed E-state index contributed by atoms with van der Waals surface area (Å²) in [7, 11) is -1.84. The third-order valence-electron chi connectivity index (χ3n) is 4.53. The Morgan fingerprint density at radius 3 is 2.71 bits per heavy atom. The summed E-state index contributed by atoms with van der Waals surface area (Å²) in [6.07, 6.45) is 2.82. The maximum absolute atomic E-state index is 13.0. The summed E-state index contributed by atoms with van der Waals surface area (Å²) in [5.74, 6) is 0.717. The van der Waals surface area contributed by atoms with E-state index in [4.69, 9.17) is 4.74 Å². The Kier molecular flexibility index (Phi) is 3.94. The van der Waals surface area contributed by atoms with E-state index in [1.165, 1.54) is 0 Å². The van der Waals surface area contributed by atoms with Gasteiger partial charge in [-0.1, -0.05) is 0 Å². The number of benzene rings is 1. The summed E-state index contributed by atoms with van der Waals surface area (Å²) in [5.41, 5.74) is 0.846. The fourth-order valence-corrected chi connectivity index (χ4v) is 5.45. The van der Waals surface area contributed by atoms with Gasteiger partial charge in [0, 0.05) is 18.6 Å². The summed E-state index contributed by atoms with van der Waals surface area (Å²) < 4.78 is 33.0. The van der Waals surface area contributed by atoms with Gasteiger partial charge >= 0.3 is 0 Å². The van der Waals surface area contributed by atoms with E-state index >= 15 is 0 Å². The molecule has 6 heteroatoms. The first kappa shape index (κ1) is 14.8. The predicted octanol–water partition coefficient (Wildman–Crippen LogP) is 1.52. The largest absolute Gasteiger partial charge is 0.496 e. The number of aryl methyl sites for hydroxylation is 1. The van der Waals surface area contributed by atoms with Gasteiger partial charge in [0.25, 0.3) is 0 Å². The van der Waals surface area contributed by atoms with Gasteiger partial charge < -0.3 is 10.1 Å². The molecule has 2 fully saturated rings. The number of hydrogen-bond acceptors (Lipinski definition) is 4. The van der Waals surface area contributed by atoms with Crippen LogP contribution in [0.4, 0.5) is 0 Å². The monoisotopic (exact) mass is 310 g/mol. The first-order valence-corrected chi connectivity index (χ1v) is 8.87. The van der Waals surface area contributed by atoms with Crippen LogP contribution in [0.25, 0.3) is 0 Å². The van der Waals surface area contributed by atoms with Crippen molar-refractivity contribution in [2.24, 2.45) is 0 Å². The molecular formula is C15H22N2O3S. The van der Waals surface area contributed by atoms with Crippen molar-refractivity contribution in [3.8, 4) is 5.75 Å². The van der Waals surface area contributed by atoms with E-state index < -0.39 is 10.0 Å². The Morgan fingerprint density at radius 2 is 2.00 bits per heavy atom. The number of sulfonamides is 1. The van der Waals surface area contributed by atoms with Crippen molar-refractivity contribution in [2.45, 2.75) is 43.2 Å². The minimum absolute atomic E-state index is 0.0879. The lowest BCUT2D eigenvalue weighted by Gasteiger charge is -2.27. The molecule has 0 radical (unpaired) electrons. The standard InChI is InChI=1S/C15H22N2O3S/c1-11-9-14(5-6-15(11)20-2)21(18,19)17-12-3-4-13(17)10-16-8-7-12/h5-6,9,12-13,16H,3-4,7-8,10H2,1-2H3. The maximum Gasteiger partial charge on any atom is 0.243 e. The molecule has 2 aliphatic heterocycles. The molecule has 0 aromatic heterocycles. The average Bonchev–Trinajstić information content (AvgIpc) is 2.72. The predicted molar refractivity (Wildman–Crippen MR) is 81.1 cm³/mol. The second-order valence-corrected chi connectivity index (χ2v) is 7.69. The summed E-state index contributed by atoms with van der Waals surface area (Å²) in [6.45, 7) is 3.52. The minimum Gasteiger partial charge on any atom is -0.496 e. The van der Waals surface area contributed by atoms with Crippen molar-refractivity contribution in [2.75, 3.05) is 20.2 Å². The van der Waals surface area contributed by atoms with Crippen LogP contribution in [-0.2, 0) is 10.0 Å². The fourth-order valence-electron chi connectivity index (χ4n) is 3.46. The Bertz CT molecular complexity index is 616. The van der Waals surface area contributed by atoms with Crippen molar-refractivity contribution in [1.29, 1.82) is 0 Å². The highest BCUT2D eigenvalue weighted by Crippen LogP contribution is 2.34. The molecule has 1 N–H and O–H groups in total. The van der Waals surface area contributed by atoms with Crippen LogP contribution < -0.4 is 10.1 Å². The number of ether oxygens (including phenoxy) is 1. The lowest BCUT2D eigenvalue weighted by atomic mass is 10.1. The third kappa shape index (κ3) is 2.56. The van der Waals surface area contributed by atoms with E-state index in [-0.39, 0.29) is 12.1 Å². The summed E-state index contributed by atoms with van der Waals surface area (Å²) >= 11 is 0. The molecule has 2 heterocycles. The lowest BCUT2D eigenvalue weighted by molar-refractivity contribution is 0.334. The van der Waals surface area contributed by atoms with Crippen molar-refractivity contribution >= 4 is 10.0 Å². The molecule has 1 aromatic rings. The molecule has 1 aromatic carbocycles. The summed E-state index contributed by atoms with van der Waals surface area (Å²) in [5, 5.41) is 3.34. The van der Waals surface area contributed by atoms with Gasteiger partial charge in [-0.2, -0.15) is 4.31 Å². The first-order chi connectivity index (χ1) is 10.0. The molecule has 0 amide bonds. The van der Waals surface area contributed by atoms with Crippen LogP contribution in [0.15, 0.2) is 23.1 Å². The second-order valence-electron chi connectivity index (χ2n) is 5.84. The Hall–Kier alpha value is -1.11. The van der Waals surface area contributed by atoms with E-state index in [9.17, 15) is 8.42 Å². The van der Waals surface area contributed by atoms with Crippen LogP contribution in [0, 0.1) is 6.92 Å². The molecule has 21 heavy (non-hydrogen) atoms. The fraction of sp³-hybridized carbons (Fsp3) is 0.600. The SMILES string of the molecule is COc1ccc(S(=O)(=O)N2C3CCNCC2CC3)cc1C. The highest BCUT2D eigenvalue weighted by atomic mass is 32.2. The van der Waals surface area contributed by atoms with Crippen LogP contribution in [-0.4, -0.2) is 45.0 Å². The normalized spacial score (nSPS) is 26.6. The van der Waals surface area contributed by atoms with E-state index in [0.717, 1.165) is 43.7 Å². The summed E-state index contributed by atoms with van der Waals surface area (Å²) in [6, 6.07) is 5.33. The van der Waals surface area contributed by atoms with Crippen molar-refractivity contribution in [1.82, 2.24) is 9.62 Å². The maximum atomic E-state index is 13.0. The number of nitrogens with one attached hydrogen (secondary N) is 1. The van der Waals surface area contributed by atoms with Crippen molar-refractivity contribution in [3.63, 3.8) is 0 Å². The zero-order valence-electron chi connectivity index (χ0n) is 12.5. The van der Waals surface area contributed by atoms with Crippen LogP contribution in [0.5, 0.6) is 5.75 Å². The van der Waals surface area contributed by atoms with Gasteiger partial charge in [-0.15, -0.1) is 0 Å². The average molecular weight is 310 g/mol. The topological polar surface area (TPSA) is 58.6 Å². The first-order valence-electron chi connectivity index (χ1n) is 7.43. The van der Waals surface area contributed by atoms with Gasteiger partial charge in [0.05, 0.1) is 12.0 Å². The summed E-state index contributed by atoms with van der Waals surface area (Å²) in [4.78, 5) is 0.375. The molecule has 116 valence electrons. The molecule has 2 unspecified atom stereocenters. The highest BCUT2D eigenvalue weighted by Gasteiger charge is 2.43. The van der Waals surface area contributed by atoms with Crippen molar-refractivity contribution < 1.29 is 13.2 Å². The van der Waals surface area contributed by atoms with Crippen LogP contribution in [0.1, 0.15) is 24.8 Å². The minimum atomic E-state index is -3.43. The number of fused-ring (bicyclic) bond motifs is 2. The molecule has 5 nitrogen and oxygen atoms in total. The van der Waals surface area contributed by atoms with Gasteiger partial charge in [-0.05, 0) is 56.5 Å². The Balaban J connectivity index is 1.98. The molecule has 2 aliphatic rings. The number of methoxy groups -OCH3 is 1. The van der Waals surface area contributed by atoms with E-state index in [2.05, 4.69) is 5.32 Å². The molecule has 2 bridgehead atoms. The zero-order valence-corrected chi connectivity index (χ0v) is 13.3. The van der Waals surface area contributed by atoms with Gasteiger partial charge in [0.2, 0.25) is 10.0 Å². The number of rotatable bonds is 3. The molecule has 0 spiro atoms. The van der Waals surface area contributed by atoms with Crippen LogP contribution >= 0.6 is 0 Å². The molecule has 0 aliphatic carbocycles. The lowest BCUT2D eigenvalue weighted by Crippen LogP contribution is -2.42. The van der Waals surface area contributed by atoms with Crippen molar-refractivity contribution in [3.05, 3.63) is 23.8 Å². The quantitative estimate of drug-likeness (QED) is 0.919. The van der Waals surface area contributed by atoms with E-state index in [1.807, 2.05) is 6.92 Å². The van der Waals surface area contributed by atoms with Gasteiger partial charge in [0.15, 0.2) is 0 Å². The van der Waals surface area contributed by atoms with Gasteiger partial charge in [-0.25, -0.2) is 8.42 Å².